The molecule has 0 spiro atoms. The van der Waals surface area contributed by atoms with E-state index in [-0.39, 0.29) is 13.2 Å². The lowest BCUT2D eigenvalue weighted by Gasteiger charge is -2.32. The molecule has 4 rings (SSSR count). The summed E-state index contributed by atoms with van der Waals surface area (Å²) in [6.07, 6.45) is 0. The third-order valence-corrected chi connectivity index (χ3v) is 5.36. The van der Waals surface area contributed by atoms with E-state index < -0.39 is 23.9 Å². The number of carbonyl (C=O) groups is 3. The van der Waals surface area contributed by atoms with Gasteiger partial charge in [-0.3, -0.25) is 9.69 Å². The Hall–Kier alpha value is -4.01. The van der Waals surface area contributed by atoms with Gasteiger partial charge in [-0.2, -0.15) is 0 Å². The van der Waals surface area contributed by atoms with Crippen molar-refractivity contribution < 1.29 is 28.6 Å². The second-order valence-electron chi connectivity index (χ2n) is 7.43. The van der Waals surface area contributed by atoms with Crippen molar-refractivity contribution in [3.05, 3.63) is 64.9 Å². The fourth-order valence-corrected chi connectivity index (χ4v) is 3.81. The highest BCUT2D eigenvalue weighted by atomic mass is 16.5. The lowest BCUT2D eigenvalue weighted by molar-refractivity contribution is -0.136. The number of anilines is 1. The van der Waals surface area contributed by atoms with Crippen LogP contribution in [0.2, 0.25) is 0 Å². The molecule has 3 amide bonds. The molecule has 9 heteroatoms. The van der Waals surface area contributed by atoms with Crippen molar-refractivity contribution in [2.24, 2.45) is 0 Å². The monoisotopic (exact) mass is 437 g/mol. The predicted molar refractivity (Wildman–Crippen MR) is 115 cm³/mol. The maximum Gasteiger partial charge on any atom is 0.338 e. The molecule has 9 nitrogen and oxygen atoms in total. The van der Waals surface area contributed by atoms with Crippen molar-refractivity contribution in [2.45, 2.75) is 13.0 Å². The van der Waals surface area contributed by atoms with Gasteiger partial charge in [-0.05, 0) is 24.6 Å². The summed E-state index contributed by atoms with van der Waals surface area (Å²) in [7, 11) is 3.01. The van der Waals surface area contributed by atoms with Crippen LogP contribution in [0.3, 0.4) is 0 Å². The molecule has 2 aliphatic rings. The number of aryl methyl sites for hydroxylation is 1. The Kier molecular flexibility index (Phi) is 5.72. The van der Waals surface area contributed by atoms with Crippen LogP contribution in [-0.2, 0) is 14.3 Å². The van der Waals surface area contributed by atoms with Crippen molar-refractivity contribution in [3.8, 4) is 11.5 Å². The summed E-state index contributed by atoms with van der Waals surface area (Å²) >= 11 is 0. The topological polar surface area (TPSA) is 106 Å². The molecule has 32 heavy (non-hydrogen) atoms. The molecule has 0 aliphatic carbocycles. The minimum atomic E-state index is -0.631. The van der Waals surface area contributed by atoms with Gasteiger partial charge in [0.15, 0.2) is 0 Å². The summed E-state index contributed by atoms with van der Waals surface area (Å²) in [5, 5.41) is 5.56. The Morgan fingerprint density at radius 3 is 2.72 bits per heavy atom. The summed E-state index contributed by atoms with van der Waals surface area (Å²) in [6, 6.07) is 11.4. The summed E-state index contributed by atoms with van der Waals surface area (Å²) in [5.74, 6) is 0.0333. The highest BCUT2D eigenvalue weighted by Gasteiger charge is 2.42. The van der Waals surface area contributed by atoms with Crippen LogP contribution in [0, 0.1) is 6.92 Å². The predicted octanol–water partition coefficient (Wildman–Crippen LogP) is 2.53. The SMILES string of the molecule is COc1ccc(NC(=O)CN2C(=O)N[C@@H](c3cccc(C)c3)C3=C2COC3=O)c(OC)c1. The molecule has 0 bridgehead atoms. The standard InChI is InChI=1S/C23H23N3O6/c1-13-5-4-6-14(9-13)21-20-17(12-32-22(20)28)26(23(29)25-21)11-19(27)24-16-8-7-15(30-2)10-18(16)31-3/h4-10,21H,11-12H2,1-3H3,(H,24,27)(H,25,29)/t21-/m0/s1. The Morgan fingerprint density at radius 1 is 1.19 bits per heavy atom. The Morgan fingerprint density at radius 2 is 2.00 bits per heavy atom. The Balaban J connectivity index is 1.58. The van der Waals surface area contributed by atoms with Crippen molar-refractivity contribution >= 4 is 23.6 Å². The second-order valence-corrected chi connectivity index (χ2v) is 7.43. The van der Waals surface area contributed by atoms with Gasteiger partial charge in [-0.15, -0.1) is 0 Å². The largest absolute Gasteiger partial charge is 0.497 e. The lowest BCUT2D eigenvalue weighted by Crippen LogP contribution is -2.49. The number of hydrogen-bond donors (Lipinski definition) is 2. The van der Waals surface area contributed by atoms with Crippen molar-refractivity contribution in [3.63, 3.8) is 0 Å². The number of carbonyl (C=O) groups excluding carboxylic acids is 3. The van der Waals surface area contributed by atoms with Gasteiger partial charge >= 0.3 is 12.0 Å². The van der Waals surface area contributed by atoms with Crippen LogP contribution in [0.4, 0.5) is 10.5 Å². The molecular weight excluding hydrogens is 414 g/mol. The number of nitrogens with one attached hydrogen (secondary N) is 2. The molecule has 166 valence electrons. The number of nitrogens with zero attached hydrogens (tertiary/aromatic N) is 1. The van der Waals surface area contributed by atoms with Crippen LogP contribution in [-0.4, -0.2) is 50.2 Å². The quantitative estimate of drug-likeness (QED) is 0.673. The first kappa shape index (κ1) is 21.2. The summed E-state index contributed by atoms with van der Waals surface area (Å²) in [5.41, 5.74) is 2.94. The molecule has 2 N–H and O–H groups in total. The molecule has 2 heterocycles. The number of ether oxygens (including phenoxy) is 3. The zero-order valence-corrected chi connectivity index (χ0v) is 17.9. The number of urea groups is 1. The third-order valence-electron chi connectivity index (χ3n) is 5.36. The molecule has 0 fully saturated rings. The highest BCUT2D eigenvalue weighted by Crippen LogP contribution is 2.35. The van der Waals surface area contributed by atoms with E-state index in [9.17, 15) is 14.4 Å². The van der Waals surface area contributed by atoms with Crippen molar-refractivity contribution in [1.29, 1.82) is 0 Å². The van der Waals surface area contributed by atoms with E-state index in [0.717, 1.165) is 11.1 Å². The molecule has 0 saturated carbocycles. The molecule has 0 saturated heterocycles. The van der Waals surface area contributed by atoms with E-state index in [2.05, 4.69) is 10.6 Å². The zero-order chi connectivity index (χ0) is 22.8. The number of rotatable bonds is 6. The molecule has 2 aromatic rings. The minimum Gasteiger partial charge on any atom is -0.497 e. The first-order chi connectivity index (χ1) is 15.4. The van der Waals surface area contributed by atoms with E-state index >= 15 is 0 Å². The summed E-state index contributed by atoms with van der Waals surface area (Å²) < 4.78 is 15.7. The average Bonchev–Trinajstić information content (AvgIpc) is 3.17. The van der Waals surface area contributed by atoms with Crippen LogP contribution >= 0.6 is 0 Å². The average molecular weight is 437 g/mol. The third kappa shape index (κ3) is 3.96. The van der Waals surface area contributed by atoms with Gasteiger partial charge in [0.1, 0.15) is 24.7 Å². The zero-order valence-electron chi connectivity index (χ0n) is 17.9. The number of amides is 3. The molecule has 2 aromatic carbocycles. The maximum absolute atomic E-state index is 12.9. The minimum absolute atomic E-state index is 0.0664. The molecule has 0 unspecified atom stereocenters. The molecule has 0 radical (unpaired) electrons. The number of esters is 1. The van der Waals surface area contributed by atoms with Gasteiger partial charge in [0.25, 0.3) is 0 Å². The van der Waals surface area contributed by atoms with Gasteiger partial charge in [-0.1, -0.05) is 29.8 Å². The summed E-state index contributed by atoms with van der Waals surface area (Å²) in [4.78, 5) is 39.3. The number of methoxy groups -OCH3 is 2. The van der Waals surface area contributed by atoms with Crippen LogP contribution in [0.1, 0.15) is 17.2 Å². The van der Waals surface area contributed by atoms with E-state index in [1.807, 2.05) is 31.2 Å². The second kappa shape index (κ2) is 8.62. The molecule has 2 aliphatic heterocycles. The van der Waals surface area contributed by atoms with Gasteiger partial charge < -0.3 is 24.8 Å². The normalized spacial score (nSPS) is 17.5. The van der Waals surface area contributed by atoms with Crippen LogP contribution < -0.4 is 20.1 Å². The fourth-order valence-electron chi connectivity index (χ4n) is 3.81. The molecule has 1 atom stereocenters. The van der Waals surface area contributed by atoms with Crippen LogP contribution in [0.25, 0.3) is 0 Å². The van der Waals surface area contributed by atoms with E-state index in [1.54, 1.807) is 18.2 Å². The Labute approximate surface area is 184 Å². The van der Waals surface area contributed by atoms with Gasteiger partial charge in [0, 0.05) is 6.07 Å². The molecular formula is C23H23N3O6. The van der Waals surface area contributed by atoms with Gasteiger partial charge in [-0.25, -0.2) is 9.59 Å². The smallest absolute Gasteiger partial charge is 0.338 e. The summed E-state index contributed by atoms with van der Waals surface area (Å²) in [6.45, 7) is 1.57. The first-order valence-electron chi connectivity index (χ1n) is 9.98. The highest BCUT2D eigenvalue weighted by molar-refractivity contribution is 6.00. The van der Waals surface area contributed by atoms with E-state index in [0.29, 0.717) is 28.5 Å². The first-order valence-corrected chi connectivity index (χ1v) is 9.98. The molecule has 0 aromatic heterocycles. The van der Waals surface area contributed by atoms with Crippen molar-refractivity contribution in [1.82, 2.24) is 10.2 Å². The lowest BCUT2D eigenvalue weighted by atomic mass is 9.94. The van der Waals surface area contributed by atoms with Gasteiger partial charge in [0.05, 0.1) is 37.2 Å². The Bertz CT molecular complexity index is 1130. The fraction of sp³-hybridized carbons (Fsp3) is 0.261. The number of hydrogen-bond acceptors (Lipinski definition) is 6. The van der Waals surface area contributed by atoms with E-state index in [4.69, 9.17) is 14.2 Å². The van der Waals surface area contributed by atoms with Crippen LogP contribution in [0.15, 0.2) is 53.7 Å². The maximum atomic E-state index is 12.9. The van der Waals surface area contributed by atoms with E-state index in [1.165, 1.54) is 19.1 Å². The number of cyclic esters (lactones) is 1. The van der Waals surface area contributed by atoms with Gasteiger partial charge in [0.2, 0.25) is 5.91 Å². The van der Waals surface area contributed by atoms with Crippen LogP contribution in [0.5, 0.6) is 11.5 Å². The number of benzene rings is 2. The van der Waals surface area contributed by atoms with Crippen molar-refractivity contribution in [2.75, 3.05) is 32.7 Å².